The van der Waals surface area contributed by atoms with Crippen LogP contribution in [0, 0.1) is 5.92 Å². The predicted molar refractivity (Wildman–Crippen MR) is 150 cm³/mol. The molecule has 0 heterocycles. The van der Waals surface area contributed by atoms with Gasteiger partial charge in [0.15, 0.2) is 6.23 Å². The summed E-state index contributed by atoms with van der Waals surface area (Å²) in [6, 6.07) is 11.1. The second-order valence-electron chi connectivity index (χ2n) is 11.0. The van der Waals surface area contributed by atoms with Crippen LogP contribution in [0.5, 0.6) is 11.5 Å². The zero-order chi connectivity index (χ0) is 28.6. The Morgan fingerprint density at radius 3 is 2.41 bits per heavy atom. The van der Waals surface area contributed by atoms with E-state index in [2.05, 4.69) is 10.6 Å². The Kier molecular flexibility index (Phi) is 10.2. The SMILES string of the molecule is CCC(NC(=O)OC(C)(C)C)Oc1ccccc1C(=O)Nc1ccc(C(=O)N(C)CC2CCCCC2)cc1O. The summed E-state index contributed by atoms with van der Waals surface area (Å²) in [5.41, 5.74) is 0.0769. The summed E-state index contributed by atoms with van der Waals surface area (Å²) in [5, 5.41) is 15.9. The van der Waals surface area contributed by atoms with Gasteiger partial charge in [-0.05, 0) is 69.9 Å². The number of phenols is 1. The summed E-state index contributed by atoms with van der Waals surface area (Å²) in [7, 11) is 1.78. The fourth-order valence-electron chi connectivity index (χ4n) is 4.58. The predicted octanol–water partition coefficient (Wildman–Crippen LogP) is 5.94. The van der Waals surface area contributed by atoms with Crippen molar-refractivity contribution in [1.82, 2.24) is 10.2 Å². The molecule has 39 heavy (non-hydrogen) atoms. The maximum Gasteiger partial charge on any atom is 0.410 e. The summed E-state index contributed by atoms with van der Waals surface area (Å²) in [4.78, 5) is 39.9. The van der Waals surface area contributed by atoms with Gasteiger partial charge in [-0.15, -0.1) is 0 Å². The molecular weight excluding hydrogens is 498 g/mol. The number of carbonyl (C=O) groups excluding carboxylic acids is 3. The molecule has 1 aliphatic rings. The molecule has 2 aromatic carbocycles. The number of nitrogens with zero attached hydrogens (tertiary/aromatic N) is 1. The highest BCUT2D eigenvalue weighted by Gasteiger charge is 2.23. The van der Waals surface area contributed by atoms with Crippen molar-refractivity contribution >= 4 is 23.6 Å². The molecule has 1 unspecified atom stereocenters. The molecule has 2 aromatic rings. The minimum atomic E-state index is -0.724. The number of amides is 3. The quantitative estimate of drug-likeness (QED) is 0.268. The number of para-hydroxylation sites is 1. The molecule has 0 aliphatic heterocycles. The average Bonchev–Trinajstić information content (AvgIpc) is 2.88. The lowest BCUT2D eigenvalue weighted by atomic mass is 9.89. The first-order chi connectivity index (χ1) is 18.5. The zero-order valence-corrected chi connectivity index (χ0v) is 23.6. The normalized spacial score (nSPS) is 14.7. The molecule has 3 N–H and O–H groups in total. The topological polar surface area (TPSA) is 117 Å². The number of alkyl carbamates (subject to hydrolysis) is 1. The maximum absolute atomic E-state index is 13.1. The van der Waals surface area contributed by atoms with Gasteiger partial charge in [-0.1, -0.05) is 38.3 Å². The van der Waals surface area contributed by atoms with E-state index in [1.54, 1.807) is 63.1 Å². The Morgan fingerprint density at radius 1 is 1.08 bits per heavy atom. The van der Waals surface area contributed by atoms with E-state index in [1.165, 1.54) is 31.4 Å². The minimum Gasteiger partial charge on any atom is -0.506 e. The third-order valence-corrected chi connectivity index (χ3v) is 6.55. The molecule has 0 spiro atoms. The first-order valence-electron chi connectivity index (χ1n) is 13.6. The van der Waals surface area contributed by atoms with Crippen LogP contribution in [0.1, 0.15) is 86.9 Å². The molecule has 1 fully saturated rings. The van der Waals surface area contributed by atoms with Crippen LogP contribution in [-0.2, 0) is 4.74 Å². The average molecular weight is 540 g/mol. The largest absolute Gasteiger partial charge is 0.506 e. The Bertz CT molecular complexity index is 1150. The van der Waals surface area contributed by atoms with E-state index >= 15 is 0 Å². The van der Waals surface area contributed by atoms with E-state index < -0.39 is 23.8 Å². The Balaban J connectivity index is 1.66. The zero-order valence-electron chi connectivity index (χ0n) is 23.6. The standard InChI is InChI=1S/C30H41N3O6/c1-6-26(32-29(37)39-30(2,3)4)38-25-15-11-10-14-22(25)27(35)31-23-17-16-21(18-24(23)34)28(36)33(5)19-20-12-8-7-9-13-20/h10-11,14-18,20,26,34H,6-9,12-13,19H2,1-5H3,(H,31,35)(H,32,37). The van der Waals surface area contributed by atoms with Gasteiger partial charge in [0.2, 0.25) is 0 Å². The lowest BCUT2D eigenvalue weighted by Crippen LogP contribution is -2.42. The molecule has 1 saturated carbocycles. The monoisotopic (exact) mass is 539 g/mol. The molecular formula is C30H41N3O6. The molecule has 0 saturated heterocycles. The van der Waals surface area contributed by atoms with Crippen molar-refractivity contribution < 1.29 is 29.0 Å². The fraction of sp³-hybridized carbons (Fsp3) is 0.500. The molecule has 9 nitrogen and oxygen atoms in total. The van der Waals surface area contributed by atoms with Crippen molar-refractivity contribution in [3.63, 3.8) is 0 Å². The van der Waals surface area contributed by atoms with Gasteiger partial charge >= 0.3 is 6.09 Å². The first-order valence-corrected chi connectivity index (χ1v) is 13.6. The van der Waals surface area contributed by atoms with E-state index in [0.29, 0.717) is 24.4 Å². The van der Waals surface area contributed by atoms with Crippen LogP contribution in [0.3, 0.4) is 0 Å². The molecule has 9 heteroatoms. The summed E-state index contributed by atoms with van der Waals surface area (Å²) >= 11 is 0. The smallest absolute Gasteiger partial charge is 0.410 e. The summed E-state index contributed by atoms with van der Waals surface area (Å²) in [6.07, 6.45) is 5.02. The van der Waals surface area contributed by atoms with Crippen LogP contribution < -0.4 is 15.4 Å². The number of rotatable bonds is 9. The first kappa shape index (κ1) is 29.8. The van der Waals surface area contributed by atoms with Gasteiger partial charge in [-0.25, -0.2) is 4.79 Å². The number of phenolic OH excluding ortho intramolecular Hbond substituents is 1. The Morgan fingerprint density at radius 2 is 1.77 bits per heavy atom. The molecule has 0 radical (unpaired) electrons. The lowest BCUT2D eigenvalue weighted by Gasteiger charge is -2.27. The van der Waals surface area contributed by atoms with Crippen molar-refractivity contribution in [2.45, 2.75) is 78.0 Å². The van der Waals surface area contributed by atoms with Crippen LogP contribution in [0.4, 0.5) is 10.5 Å². The van der Waals surface area contributed by atoms with Crippen LogP contribution >= 0.6 is 0 Å². The molecule has 3 amide bonds. The van der Waals surface area contributed by atoms with Gasteiger partial charge in [0.25, 0.3) is 11.8 Å². The molecule has 212 valence electrons. The van der Waals surface area contributed by atoms with Crippen LogP contribution in [-0.4, -0.2) is 53.3 Å². The van der Waals surface area contributed by atoms with Gasteiger partial charge in [0, 0.05) is 25.6 Å². The van der Waals surface area contributed by atoms with E-state index in [1.807, 2.05) is 6.92 Å². The van der Waals surface area contributed by atoms with Gasteiger partial charge in [0.1, 0.15) is 17.1 Å². The van der Waals surface area contributed by atoms with Crippen molar-refractivity contribution in [3.8, 4) is 11.5 Å². The third kappa shape index (κ3) is 8.90. The van der Waals surface area contributed by atoms with Gasteiger partial charge in [-0.2, -0.15) is 0 Å². The van der Waals surface area contributed by atoms with E-state index in [4.69, 9.17) is 9.47 Å². The van der Waals surface area contributed by atoms with Crippen molar-refractivity contribution in [3.05, 3.63) is 53.6 Å². The van der Waals surface area contributed by atoms with Crippen LogP contribution in [0.2, 0.25) is 0 Å². The van der Waals surface area contributed by atoms with Gasteiger partial charge < -0.3 is 24.8 Å². The second-order valence-corrected chi connectivity index (χ2v) is 11.0. The maximum atomic E-state index is 13.1. The summed E-state index contributed by atoms with van der Waals surface area (Å²) in [5.74, 6) is -0.129. The van der Waals surface area contributed by atoms with Crippen molar-refractivity contribution in [2.24, 2.45) is 5.92 Å². The van der Waals surface area contributed by atoms with E-state index in [0.717, 1.165) is 12.8 Å². The van der Waals surface area contributed by atoms with Gasteiger partial charge in [-0.3, -0.25) is 14.9 Å². The van der Waals surface area contributed by atoms with E-state index in [9.17, 15) is 19.5 Å². The van der Waals surface area contributed by atoms with Crippen LogP contribution in [0.25, 0.3) is 0 Å². The third-order valence-electron chi connectivity index (χ3n) is 6.55. The molecule has 0 aromatic heterocycles. The highest BCUT2D eigenvalue weighted by molar-refractivity contribution is 6.07. The Hall–Kier alpha value is -3.75. The van der Waals surface area contributed by atoms with Crippen molar-refractivity contribution in [1.29, 1.82) is 0 Å². The molecule has 1 atom stereocenters. The molecule has 3 rings (SSSR count). The number of anilines is 1. The highest BCUT2D eigenvalue weighted by atomic mass is 16.6. The van der Waals surface area contributed by atoms with Crippen molar-refractivity contribution in [2.75, 3.05) is 18.9 Å². The number of benzene rings is 2. The second kappa shape index (κ2) is 13.4. The number of aromatic hydroxyl groups is 1. The van der Waals surface area contributed by atoms with E-state index in [-0.39, 0.29) is 28.7 Å². The summed E-state index contributed by atoms with van der Waals surface area (Å²) in [6.45, 7) is 7.82. The van der Waals surface area contributed by atoms with Crippen LogP contribution in [0.15, 0.2) is 42.5 Å². The lowest BCUT2D eigenvalue weighted by molar-refractivity contribution is 0.0388. The summed E-state index contributed by atoms with van der Waals surface area (Å²) < 4.78 is 11.2. The highest BCUT2D eigenvalue weighted by Crippen LogP contribution is 2.29. The molecule has 0 bridgehead atoms. The molecule has 1 aliphatic carbocycles. The Labute approximate surface area is 230 Å². The minimum absolute atomic E-state index is 0.167. The van der Waals surface area contributed by atoms with Gasteiger partial charge in [0.05, 0.1) is 11.3 Å². The fourth-order valence-corrected chi connectivity index (χ4v) is 4.58. The number of carbonyl (C=O) groups is 3. The number of hydrogen-bond acceptors (Lipinski definition) is 6. The number of nitrogens with one attached hydrogen (secondary N) is 2. The number of hydrogen-bond donors (Lipinski definition) is 3. The number of ether oxygens (including phenoxy) is 2.